The van der Waals surface area contributed by atoms with E-state index in [4.69, 9.17) is 18.9 Å². The van der Waals surface area contributed by atoms with Gasteiger partial charge in [0.2, 0.25) is 0 Å². The topological polar surface area (TPSA) is 41.4 Å². The minimum absolute atomic E-state index is 0.770. The Kier molecular flexibility index (Phi) is 4.24. The largest absolute Gasteiger partial charge is 0.493 e. The van der Waals surface area contributed by atoms with Gasteiger partial charge in [0.1, 0.15) is 12.2 Å². The SMILES string of the molecule is COc1cc2c(cc1OC)C1=Cc3ccc(OC)c(OC)c3C[NH+]1CC2. The lowest BCUT2D eigenvalue weighted by Crippen LogP contribution is -3.09. The highest BCUT2D eigenvalue weighted by Crippen LogP contribution is 2.39. The summed E-state index contributed by atoms with van der Waals surface area (Å²) in [7, 11) is 6.74. The van der Waals surface area contributed by atoms with Crippen LogP contribution < -0.4 is 23.8 Å². The molecule has 0 fully saturated rings. The van der Waals surface area contributed by atoms with Crippen molar-refractivity contribution in [3.05, 3.63) is 46.5 Å². The minimum atomic E-state index is 0.770. The highest BCUT2D eigenvalue weighted by Gasteiger charge is 2.33. The van der Waals surface area contributed by atoms with Gasteiger partial charge in [0.25, 0.3) is 0 Å². The Balaban J connectivity index is 1.86. The van der Waals surface area contributed by atoms with Crippen LogP contribution in [0.5, 0.6) is 23.0 Å². The Morgan fingerprint density at radius 3 is 2.27 bits per heavy atom. The third-order valence-electron chi connectivity index (χ3n) is 5.35. The normalized spacial score (nSPS) is 17.4. The lowest BCUT2D eigenvalue weighted by molar-refractivity contribution is -0.841. The Labute approximate surface area is 153 Å². The molecule has 0 radical (unpaired) electrons. The van der Waals surface area contributed by atoms with E-state index in [0.717, 1.165) is 42.5 Å². The van der Waals surface area contributed by atoms with Crippen molar-refractivity contribution in [1.29, 1.82) is 0 Å². The molecule has 2 aromatic carbocycles. The van der Waals surface area contributed by atoms with Gasteiger partial charge in [-0.15, -0.1) is 0 Å². The lowest BCUT2D eigenvalue weighted by atomic mass is 9.90. The van der Waals surface area contributed by atoms with Crippen molar-refractivity contribution in [2.45, 2.75) is 13.0 Å². The Hall–Kier alpha value is -2.66. The quantitative estimate of drug-likeness (QED) is 0.914. The average molecular weight is 354 g/mol. The second-order valence-corrected chi connectivity index (χ2v) is 6.57. The van der Waals surface area contributed by atoms with E-state index >= 15 is 0 Å². The average Bonchev–Trinajstić information content (AvgIpc) is 2.70. The summed E-state index contributed by atoms with van der Waals surface area (Å²) in [5, 5.41) is 0. The van der Waals surface area contributed by atoms with Crippen LogP contribution >= 0.6 is 0 Å². The molecule has 2 heterocycles. The van der Waals surface area contributed by atoms with Crippen LogP contribution in [0.25, 0.3) is 11.8 Å². The molecule has 26 heavy (non-hydrogen) atoms. The van der Waals surface area contributed by atoms with Gasteiger partial charge >= 0.3 is 0 Å². The van der Waals surface area contributed by atoms with Crippen LogP contribution in [-0.4, -0.2) is 35.0 Å². The molecular weight excluding hydrogens is 330 g/mol. The number of quaternary nitrogens is 1. The first-order valence-corrected chi connectivity index (χ1v) is 8.76. The minimum Gasteiger partial charge on any atom is -0.493 e. The summed E-state index contributed by atoms with van der Waals surface area (Å²) in [5.41, 5.74) is 6.23. The summed E-state index contributed by atoms with van der Waals surface area (Å²) in [4.78, 5) is 1.43. The summed E-state index contributed by atoms with van der Waals surface area (Å²) in [6.45, 7) is 1.92. The summed E-state index contributed by atoms with van der Waals surface area (Å²) >= 11 is 0. The van der Waals surface area contributed by atoms with E-state index in [1.54, 1.807) is 28.4 Å². The molecule has 1 N–H and O–H groups in total. The van der Waals surface area contributed by atoms with Gasteiger partial charge in [0.05, 0.1) is 40.5 Å². The molecule has 1 atom stereocenters. The molecule has 0 bridgehead atoms. The van der Waals surface area contributed by atoms with Gasteiger partial charge in [-0.2, -0.15) is 0 Å². The van der Waals surface area contributed by atoms with E-state index in [9.17, 15) is 0 Å². The summed E-state index contributed by atoms with van der Waals surface area (Å²) in [5.74, 6) is 3.18. The summed E-state index contributed by atoms with van der Waals surface area (Å²) in [6, 6.07) is 8.29. The molecule has 0 amide bonds. The van der Waals surface area contributed by atoms with Crippen LogP contribution in [0.2, 0.25) is 0 Å². The first-order chi connectivity index (χ1) is 12.7. The number of hydrogen-bond acceptors (Lipinski definition) is 4. The predicted molar refractivity (Wildman–Crippen MR) is 100 cm³/mol. The number of methoxy groups -OCH3 is 4. The van der Waals surface area contributed by atoms with Gasteiger partial charge in [-0.25, -0.2) is 0 Å². The Morgan fingerprint density at radius 1 is 0.846 bits per heavy atom. The molecular formula is C21H24NO4+. The second kappa shape index (κ2) is 6.57. The third kappa shape index (κ3) is 2.51. The molecule has 0 spiro atoms. The van der Waals surface area contributed by atoms with Gasteiger partial charge in [-0.1, -0.05) is 6.07 Å². The van der Waals surface area contributed by atoms with Crippen molar-refractivity contribution in [1.82, 2.24) is 0 Å². The Bertz CT molecular complexity index is 888. The van der Waals surface area contributed by atoms with Gasteiger partial charge in [-0.3, -0.25) is 4.90 Å². The molecule has 1 unspecified atom stereocenters. The van der Waals surface area contributed by atoms with Crippen molar-refractivity contribution in [3.63, 3.8) is 0 Å². The van der Waals surface area contributed by atoms with E-state index in [1.807, 2.05) is 6.07 Å². The van der Waals surface area contributed by atoms with Crippen molar-refractivity contribution < 1.29 is 23.8 Å². The van der Waals surface area contributed by atoms with Crippen LogP contribution in [0.4, 0.5) is 0 Å². The first kappa shape index (κ1) is 16.8. The van der Waals surface area contributed by atoms with Crippen molar-refractivity contribution in [2.24, 2.45) is 0 Å². The van der Waals surface area contributed by atoms with Crippen molar-refractivity contribution in [2.75, 3.05) is 35.0 Å². The monoisotopic (exact) mass is 354 g/mol. The molecule has 0 saturated heterocycles. The third-order valence-corrected chi connectivity index (χ3v) is 5.35. The smallest absolute Gasteiger partial charge is 0.170 e. The van der Waals surface area contributed by atoms with Crippen LogP contribution in [0, 0.1) is 0 Å². The molecule has 0 saturated carbocycles. The number of ether oxygens (including phenoxy) is 4. The highest BCUT2D eigenvalue weighted by molar-refractivity contribution is 5.83. The molecule has 2 aliphatic rings. The van der Waals surface area contributed by atoms with Gasteiger partial charge < -0.3 is 18.9 Å². The van der Waals surface area contributed by atoms with Crippen LogP contribution in [0.1, 0.15) is 22.3 Å². The van der Waals surface area contributed by atoms with Gasteiger partial charge in [0, 0.05) is 18.1 Å². The van der Waals surface area contributed by atoms with Crippen LogP contribution in [0.15, 0.2) is 24.3 Å². The lowest BCUT2D eigenvalue weighted by Gasteiger charge is -2.32. The molecule has 5 heteroatoms. The number of benzene rings is 2. The molecule has 2 aromatic rings. The maximum absolute atomic E-state index is 5.65. The van der Waals surface area contributed by atoms with Crippen LogP contribution in [-0.2, 0) is 13.0 Å². The zero-order chi connectivity index (χ0) is 18.3. The molecule has 0 aliphatic carbocycles. The number of fused-ring (bicyclic) bond motifs is 4. The fraction of sp³-hybridized carbons (Fsp3) is 0.333. The Morgan fingerprint density at radius 2 is 1.58 bits per heavy atom. The molecule has 136 valence electrons. The van der Waals surface area contributed by atoms with E-state index in [-0.39, 0.29) is 0 Å². The van der Waals surface area contributed by atoms with E-state index in [1.165, 1.54) is 32.9 Å². The molecule has 4 rings (SSSR count). The van der Waals surface area contributed by atoms with Crippen LogP contribution in [0.3, 0.4) is 0 Å². The van der Waals surface area contributed by atoms with E-state index in [2.05, 4.69) is 24.3 Å². The summed E-state index contributed by atoms with van der Waals surface area (Å²) < 4.78 is 22.1. The fourth-order valence-corrected chi connectivity index (χ4v) is 4.05. The fourth-order valence-electron chi connectivity index (χ4n) is 4.05. The second-order valence-electron chi connectivity index (χ2n) is 6.57. The molecule has 0 aromatic heterocycles. The van der Waals surface area contributed by atoms with Gasteiger partial charge in [0.15, 0.2) is 23.0 Å². The number of nitrogens with one attached hydrogen (secondary N) is 1. The maximum Gasteiger partial charge on any atom is 0.170 e. The van der Waals surface area contributed by atoms with E-state index in [0.29, 0.717) is 0 Å². The van der Waals surface area contributed by atoms with Gasteiger partial charge in [-0.05, 0) is 29.3 Å². The van der Waals surface area contributed by atoms with E-state index < -0.39 is 0 Å². The maximum atomic E-state index is 5.65. The standard InChI is InChI=1S/C21H23NO4/c1-23-18-6-5-13-9-17-15-11-20(25-3)19(24-2)10-14(15)7-8-22(17)12-16(13)21(18)26-4/h5-6,9-11H,7-8,12H2,1-4H3/p+1. The van der Waals surface area contributed by atoms with Crippen molar-refractivity contribution >= 4 is 11.8 Å². The first-order valence-electron chi connectivity index (χ1n) is 8.76. The predicted octanol–water partition coefficient (Wildman–Crippen LogP) is 2.17. The molecule has 2 aliphatic heterocycles. The molecule has 5 nitrogen and oxygen atoms in total. The zero-order valence-electron chi connectivity index (χ0n) is 15.6. The summed E-state index contributed by atoms with van der Waals surface area (Å²) in [6.07, 6.45) is 3.27. The number of hydrogen-bond donors (Lipinski definition) is 1. The zero-order valence-corrected chi connectivity index (χ0v) is 15.6. The van der Waals surface area contributed by atoms with Crippen molar-refractivity contribution in [3.8, 4) is 23.0 Å². The number of rotatable bonds is 4. The highest BCUT2D eigenvalue weighted by atomic mass is 16.5.